The fourth-order valence-electron chi connectivity index (χ4n) is 4.19. The average Bonchev–Trinajstić information content (AvgIpc) is 3.29. The second kappa shape index (κ2) is 5.78. The normalized spacial score (nSPS) is 28.0. The number of rotatable bonds is 4. The number of fused-ring (bicyclic) bond motifs is 2. The molecule has 5 heteroatoms. The van der Waals surface area contributed by atoms with Crippen molar-refractivity contribution < 1.29 is 4.79 Å². The van der Waals surface area contributed by atoms with E-state index < -0.39 is 0 Å². The van der Waals surface area contributed by atoms with Crippen LogP contribution in [-0.4, -0.2) is 16.9 Å². The van der Waals surface area contributed by atoms with Gasteiger partial charge in [-0.05, 0) is 55.4 Å². The second-order valence-corrected chi connectivity index (χ2v) is 8.29. The lowest BCUT2D eigenvalue weighted by atomic mass is 9.84. The molecule has 3 nitrogen and oxygen atoms in total. The van der Waals surface area contributed by atoms with Crippen LogP contribution in [0, 0.1) is 17.8 Å². The summed E-state index contributed by atoms with van der Waals surface area (Å²) in [5.74, 6) is 2.39. The molecule has 0 spiro atoms. The van der Waals surface area contributed by atoms with Crippen molar-refractivity contribution in [3.63, 3.8) is 0 Å². The largest absolute Gasteiger partial charge is 0.348 e. The molecule has 116 valence electrons. The van der Waals surface area contributed by atoms with Crippen LogP contribution in [0.5, 0.6) is 0 Å². The summed E-state index contributed by atoms with van der Waals surface area (Å²) in [5.41, 5.74) is 1.66. The minimum atomic E-state index is -0.0204. The van der Waals surface area contributed by atoms with E-state index in [0.717, 1.165) is 22.4 Å². The van der Waals surface area contributed by atoms with Crippen LogP contribution in [0.3, 0.4) is 0 Å². The monoisotopic (exact) mass is 332 g/mol. The molecule has 2 aliphatic carbocycles. The minimum Gasteiger partial charge on any atom is -0.348 e. The van der Waals surface area contributed by atoms with Gasteiger partial charge in [0.25, 0.3) is 5.91 Å². The number of thiophene rings is 1. The number of carbonyl (C=O) groups is 1. The molecule has 0 aliphatic heterocycles. The standard InChI is InChI=1S/C17H20N2OS2/c1-10(14-7-11-2-3-12(14)6-11)18-16(20)15-9-22-17(19-15)13-4-5-21-8-13/h4-5,8-12,14H,2-3,6-7H2,1H3,(H,18,20). The minimum absolute atomic E-state index is 0.0204. The fraction of sp³-hybridized carbons (Fsp3) is 0.529. The third-order valence-corrected chi connectivity index (χ3v) is 6.87. The Bertz CT molecular complexity index is 664. The first-order valence-electron chi connectivity index (χ1n) is 7.99. The van der Waals surface area contributed by atoms with E-state index in [1.807, 2.05) is 16.8 Å². The molecule has 4 atom stereocenters. The Morgan fingerprint density at radius 1 is 1.36 bits per heavy atom. The van der Waals surface area contributed by atoms with E-state index in [4.69, 9.17) is 0 Å². The van der Waals surface area contributed by atoms with Crippen LogP contribution in [0.2, 0.25) is 0 Å². The molecule has 2 heterocycles. The van der Waals surface area contributed by atoms with E-state index in [9.17, 15) is 4.79 Å². The number of amides is 1. The molecule has 2 aliphatic rings. The highest BCUT2D eigenvalue weighted by atomic mass is 32.1. The molecule has 0 aromatic carbocycles. The maximum absolute atomic E-state index is 12.4. The summed E-state index contributed by atoms with van der Waals surface area (Å²) in [6.07, 6.45) is 5.43. The van der Waals surface area contributed by atoms with E-state index in [0.29, 0.717) is 11.6 Å². The Kier molecular flexibility index (Phi) is 3.78. The van der Waals surface area contributed by atoms with Crippen molar-refractivity contribution in [2.24, 2.45) is 17.8 Å². The van der Waals surface area contributed by atoms with Crippen molar-refractivity contribution in [3.05, 3.63) is 27.9 Å². The fourth-order valence-corrected chi connectivity index (χ4v) is 5.70. The van der Waals surface area contributed by atoms with Crippen molar-refractivity contribution >= 4 is 28.6 Å². The number of nitrogens with one attached hydrogen (secondary N) is 1. The zero-order valence-corrected chi connectivity index (χ0v) is 14.3. The Labute approximate surface area is 138 Å². The lowest BCUT2D eigenvalue weighted by Gasteiger charge is -2.28. The molecule has 1 N–H and O–H groups in total. The number of thiazole rings is 1. The van der Waals surface area contributed by atoms with Crippen LogP contribution in [0.1, 0.15) is 43.1 Å². The molecule has 2 aromatic rings. The van der Waals surface area contributed by atoms with Crippen LogP contribution in [0.4, 0.5) is 0 Å². The van der Waals surface area contributed by atoms with Gasteiger partial charge in [0.1, 0.15) is 10.7 Å². The number of hydrogen-bond donors (Lipinski definition) is 1. The van der Waals surface area contributed by atoms with E-state index >= 15 is 0 Å². The molecular weight excluding hydrogens is 312 g/mol. The van der Waals surface area contributed by atoms with Gasteiger partial charge in [-0.25, -0.2) is 4.98 Å². The molecule has 22 heavy (non-hydrogen) atoms. The van der Waals surface area contributed by atoms with Gasteiger partial charge in [-0.3, -0.25) is 4.79 Å². The molecule has 4 rings (SSSR count). The molecule has 0 saturated heterocycles. The van der Waals surface area contributed by atoms with Crippen molar-refractivity contribution in [1.82, 2.24) is 10.3 Å². The van der Waals surface area contributed by atoms with Crippen LogP contribution in [0.25, 0.3) is 10.6 Å². The summed E-state index contributed by atoms with van der Waals surface area (Å²) in [7, 11) is 0. The third-order valence-electron chi connectivity index (χ3n) is 5.30. The quantitative estimate of drug-likeness (QED) is 0.900. The number of nitrogens with zero attached hydrogens (tertiary/aromatic N) is 1. The van der Waals surface area contributed by atoms with Gasteiger partial charge in [0, 0.05) is 22.4 Å². The van der Waals surface area contributed by atoms with E-state index in [2.05, 4.69) is 22.6 Å². The van der Waals surface area contributed by atoms with Gasteiger partial charge in [0.05, 0.1) is 0 Å². The Morgan fingerprint density at radius 3 is 2.95 bits per heavy atom. The van der Waals surface area contributed by atoms with Gasteiger partial charge >= 0.3 is 0 Å². The van der Waals surface area contributed by atoms with Gasteiger partial charge in [0.2, 0.25) is 0 Å². The van der Waals surface area contributed by atoms with Crippen LogP contribution in [-0.2, 0) is 0 Å². The zero-order chi connectivity index (χ0) is 15.1. The summed E-state index contributed by atoms with van der Waals surface area (Å²) in [6.45, 7) is 2.16. The summed E-state index contributed by atoms with van der Waals surface area (Å²) in [5, 5.41) is 10.1. The van der Waals surface area contributed by atoms with Gasteiger partial charge < -0.3 is 5.32 Å². The van der Waals surface area contributed by atoms with Crippen LogP contribution >= 0.6 is 22.7 Å². The SMILES string of the molecule is CC(NC(=O)c1csc(-c2ccsc2)n1)C1CC2CCC1C2. The molecule has 2 saturated carbocycles. The molecule has 2 aromatic heterocycles. The van der Waals surface area contributed by atoms with Crippen LogP contribution < -0.4 is 5.32 Å². The van der Waals surface area contributed by atoms with Crippen molar-refractivity contribution in [3.8, 4) is 10.6 Å². The Hall–Kier alpha value is -1.20. The lowest BCUT2D eigenvalue weighted by molar-refractivity contribution is 0.0911. The van der Waals surface area contributed by atoms with Crippen molar-refractivity contribution in [1.29, 1.82) is 0 Å². The number of carbonyl (C=O) groups excluding carboxylic acids is 1. The molecule has 1 amide bonds. The first kappa shape index (κ1) is 14.4. The number of aromatic nitrogens is 1. The van der Waals surface area contributed by atoms with Gasteiger partial charge in [-0.15, -0.1) is 11.3 Å². The van der Waals surface area contributed by atoms with Gasteiger partial charge in [-0.2, -0.15) is 11.3 Å². The lowest BCUT2D eigenvalue weighted by Crippen LogP contribution is -2.40. The highest BCUT2D eigenvalue weighted by molar-refractivity contribution is 7.14. The zero-order valence-electron chi connectivity index (χ0n) is 12.6. The number of hydrogen-bond acceptors (Lipinski definition) is 4. The van der Waals surface area contributed by atoms with E-state index in [1.165, 1.54) is 25.7 Å². The van der Waals surface area contributed by atoms with Gasteiger partial charge in [0.15, 0.2) is 0 Å². The van der Waals surface area contributed by atoms with Crippen molar-refractivity contribution in [2.75, 3.05) is 0 Å². The van der Waals surface area contributed by atoms with E-state index in [-0.39, 0.29) is 11.9 Å². The summed E-state index contributed by atoms with van der Waals surface area (Å²) >= 11 is 3.19. The second-order valence-electron chi connectivity index (χ2n) is 6.65. The molecule has 0 radical (unpaired) electrons. The summed E-state index contributed by atoms with van der Waals surface area (Å²) in [4.78, 5) is 16.9. The van der Waals surface area contributed by atoms with Crippen molar-refractivity contribution in [2.45, 2.75) is 38.6 Å². The smallest absolute Gasteiger partial charge is 0.270 e. The van der Waals surface area contributed by atoms with Crippen LogP contribution in [0.15, 0.2) is 22.2 Å². The molecule has 4 unspecified atom stereocenters. The van der Waals surface area contributed by atoms with E-state index in [1.54, 1.807) is 22.7 Å². The highest BCUT2D eigenvalue weighted by Gasteiger charge is 2.42. The summed E-state index contributed by atoms with van der Waals surface area (Å²) < 4.78 is 0. The first-order valence-corrected chi connectivity index (χ1v) is 9.82. The first-order chi connectivity index (χ1) is 10.7. The molecule has 2 bridgehead atoms. The highest BCUT2D eigenvalue weighted by Crippen LogP contribution is 2.49. The predicted octanol–water partition coefficient (Wildman–Crippen LogP) is 4.43. The maximum Gasteiger partial charge on any atom is 0.270 e. The Balaban J connectivity index is 1.42. The molecular formula is C17H20N2OS2. The third kappa shape index (κ3) is 2.61. The summed E-state index contributed by atoms with van der Waals surface area (Å²) in [6, 6.07) is 2.30. The maximum atomic E-state index is 12.4. The predicted molar refractivity (Wildman–Crippen MR) is 91.3 cm³/mol. The molecule has 2 fully saturated rings. The topological polar surface area (TPSA) is 42.0 Å². The van der Waals surface area contributed by atoms with Gasteiger partial charge in [-0.1, -0.05) is 6.42 Å². The average molecular weight is 332 g/mol. The Morgan fingerprint density at radius 2 is 2.27 bits per heavy atom.